The SMILES string of the molecule is O=C(NC(c1cccs1)c1cccs1)c1ccnc(OC2CCOC2)c1. The molecule has 4 rings (SSSR count). The summed E-state index contributed by atoms with van der Waals surface area (Å²) < 4.78 is 11.1. The number of rotatable bonds is 6. The lowest BCUT2D eigenvalue weighted by Gasteiger charge is -2.17. The summed E-state index contributed by atoms with van der Waals surface area (Å²) in [6, 6.07) is 11.3. The standard InChI is InChI=1S/C19H18N2O3S2/c22-19(13-5-7-20-17(11-13)24-14-6-8-23-12-14)21-18(15-3-1-9-25-15)16-4-2-10-26-16/h1-5,7,9-11,14,18H,6,8,12H2,(H,21,22). The van der Waals surface area contributed by atoms with Gasteiger partial charge in [0.2, 0.25) is 5.88 Å². The van der Waals surface area contributed by atoms with Gasteiger partial charge in [-0.3, -0.25) is 4.79 Å². The van der Waals surface area contributed by atoms with Gasteiger partial charge in [-0.1, -0.05) is 12.1 Å². The highest BCUT2D eigenvalue weighted by molar-refractivity contribution is 7.11. The molecule has 1 aliphatic rings. The zero-order valence-electron chi connectivity index (χ0n) is 14.0. The Hall–Kier alpha value is -2.22. The molecule has 4 heterocycles. The van der Waals surface area contributed by atoms with Gasteiger partial charge in [0, 0.05) is 34.0 Å². The Bertz CT molecular complexity index is 809. The molecule has 3 aromatic heterocycles. The summed E-state index contributed by atoms with van der Waals surface area (Å²) in [5.74, 6) is 0.309. The van der Waals surface area contributed by atoms with Gasteiger partial charge in [0.1, 0.15) is 6.10 Å². The Morgan fingerprint density at radius 3 is 2.62 bits per heavy atom. The van der Waals surface area contributed by atoms with Crippen molar-refractivity contribution in [3.05, 3.63) is 68.7 Å². The van der Waals surface area contributed by atoms with Crippen molar-refractivity contribution in [2.45, 2.75) is 18.6 Å². The number of nitrogens with one attached hydrogen (secondary N) is 1. The van der Waals surface area contributed by atoms with Gasteiger partial charge < -0.3 is 14.8 Å². The molecule has 3 aromatic rings. The highest BCUT2D eigenvalue weighted by Crippen LogP contribution is 2.29. The van der Waals surface area contributed by atoms with Crippen LogP contribution in [-0.2, 0) is 4.74 Å². The number of ether oxygens (including phenoxy) is 2. The smallest absolute Gasteiger partial charge is 0.252 e. The molecule has 1 amide bonds. The highest BCUT2D eigenvalue weighted by Gasteiger charge is 2.21. The average molecular weight is 386 g/mol. The van der Waals surface area contributed by atoms with E-state index in [2.05, 4.69) is 10.3 Å². The number of nitrogens with zero attached hydrogens (tertiary/aromatic N) is 1. The van der Waals surface area contributed by atoms with E-state index in [1.165, 1.54) is 0 Å². The van der Waals surface area contributed by atoms with Crippen molar-refractivity contribution in [3.8, 4) is 5.88 Å². The van der Waals surface area contributed by atoms with Gasteiger partial charge in [-0.15, -0.1) is 22.7 Å². The molecule has 1 aliphatic heterocycles. The van der Waals surface area contributed by atoms with E-state index in [4.69, 9.17) is 9.47 Å². The number of amides is 1. The van der Waals surface area contributed by atoms with Crippen LogP contribution in [0, 0.1) is 0 Å². The summed E-state index contributed by atoms with van der Waals surface area (Å²) >= 11 is 3.26. The van der Waals surface area contributed by atoms with Crippen LogP contribution in [-0.4, -0.2) is 30.2 Å². The largest absolute Gasteiger partial charge is 0.472 e. The third-order valence-electron chi connectivity index (χ3n) is 4.10. The lowest BCUT2D eigenvalue weighted by Crippen LogP contribution is -2.28. The molecule has 0 bridgehead atoms. The van der Waals surface area contributed by atoms with E-state index in [-0.39, 0.29) is 18.1 Å². The minimum absolute atomic E-state index is 0.00537. The van der Waals surface area contributed by atoms with Gasteiger partial charge >= 0.3 is 0 Å². The maximum atomic E-state index is 12.8. The molecule has 5 nitrogen and oxygen atoms in total. The molecule has 0 aliphatic carbocycles. The average Bonchev–Trinajstić information content (AvgIpc) is 3.42. The number of carbonyl (C=O) groups excluding carboxylic acids is 1. The third kappa shape index (κ3) is 3.95. The van der Waals surface area contributed by atoms with Crippen molar-refractivity contribution in [3.63, 3.8) is 0 Å². The fraction of sp³-hybridized carbons (Fsp3) is 0.263. The van der Waals surface area contributed by atoms with Crippen LogP contribution < -0.4 is 10.1 Å². The van der Waals surface area contributed by atoms with Crippen molar-refractivity contribution in [2.75, 3.05) is 13.2 Å². The van der Waals surface area contributed by atoms with Crippen LogP contribution in [0.1, 0.15) is 32.6 Å². The van der Waals surface area contributed by atoms with Crippen LogP contribution in [0.25, 0.3) is 0 Å². The van der Waals surface area contributed by atoms with Crippen molar-refractivity contribution >= 4 is 28.6 Å². The summed E-state index contributed by atoms with van der Waals surface area (Å²) in [6.07, 6.45) is 2.45. The number of hydrogen-bond donors (Lipinski definition) is 1. The first-order valence-corrected chi connectivity index (χ1v) is 10.1. The van der Waals surface area contributed by atoms with Crippen LogP contribution >= 0.6 is 22.7 Å². The van der Waals surface area contributed by atoms with Gasteiger partial charge in [0.25, 0.3) is 5.91 Å². The van der Waals surface area contributed by atoms with Crippen molar-refractivity contribution in [1.29, 1.82) is 0 Å². The number of thiophene rings is 2. The second-order valence-corrected chi connectivity index (χ2v) is 7.88. The van der Waals surface area contributed by atoms with Crippen LogP contribution in [0.4, 0.5) is 0 Å². The van der Waals surface area contributed by atoms with Crippen LogP contribution in [0.2, 0.25) is 0 Å². The molecule has 26 heavy (non-hydrogen) atoms. The summed E-state index contributed by atoms with van der Waals surface area (Å²) in [4.78, 5) is 19.2. The zero-order valence-corrected chi connectivity index (χ0v) is 15.6. The molecule has 1 unspecified atom stereocenters. The molecule has 0 spiro atoms. The van der Waals surface area contributed by atoms with Crippen molar-refractivity contribution in [1.82, 2.24) is 10.3 Å². The molecule has 0 saturated carbocycles. The predicted octanol–water partition coefficient (Wildman–Crippen LogP) is 3.89. The number of pyridine rings is 1. The minimum Gasteiger partial charge on any atom is -0.472 e. The Kier molecular flexibility index (Phi) is 5.29. The summed E-state index contributed by atoms with van der Waals surface area (Å²) in [5, 5.41) is 7.17. The van der Waals surface area contributed by atoms with E-state index in [0.717, 1.165) is 16.2 Å². The van der Waals surface area contributed by atoms with Crippen LogP contribution in [0.15, 0.2) is 53.4 Å². The second-order valence-electron chi connectivity index (χ2n) is 5.92. The van der Waals surface area contributed by atoms with Crippen LogP contribution in [0.5, 0.6) is 5.88 Å². The lowest BCUT2D eigenvalue weighted by atomic mass is 10.1. The zero-order chi connectivity index (χ0) is 17.8. The molecule has 1 fully saturated rings. The summed E-state index contributed by atoms with van der Waals surface area (Å²) in [5.41, 5.74) is 0.534. The monoisotopic (exact) mass is 386 g/mol. The molecule has 134 valence electrons. The van der Waals surface area contributed by atoms with Gasteiger partial charge in [-0.05, 0) is 29.0 Å². The summed E-state index contributed by atoms with van der Waals surface area (Å²) in [7, 11) is 0. The van der Waals surface area contributed by atoms with E-state index in [9.17, 15) is 4.79 Å². The topological polar surface area (TPSA) is 60.5 Å². The Labute approximate surface area is 159 Å². The van der Waals surface area contributed by atoms with Crippen LogP contribution in [0.3, 0.4) is 0 Å². The van der Waals surface area contributed by atoms with Gasteiger partial charge in [-0.25, -0.2) is 4.98 Å². The van der Waals surface area contributed by atoms with Gasteiger partial charge in [0.05, 0.1) is 19.3 Å². The highest BCUT2D eigenvalue weighted by atomic mass is 32.1. The van der Waals surface area contributed by atoms with Crippen molar-refractivity contribution < 1.29 is 14.3 Å². The van der Waals surface area contributed by atoms with E-state index < -0.39 is 0 Å². The quantitative estimate of drug-likeness (QED) is 0.698. The Balaban J connectivity index is 1.51. The third-order valence-corrected chi connectivity index (χ3v) is 5.98. The molecule has 1 atom stereocenters. The Morgan fingerprint density at radius 1 is 1.23 bits per heavy atom. The first-order chi connectivity index (χ1) is 12.8. The first kappa shape index (κ1) is 17.2. The normalized spacial score (nSPS) is 16.7. The molecule has 0 aromatic carbocycles. The van der Waals surface area contributed by atoms with Crippen molar-refractivity contribution in [2.24, 2.45) is 0 Å². The Morgan fingerprint density at radius 2 is 2.00 bits per heavy atom. The molecule has 1 saturated heterocycles. The first-order valence-electron chi connectivity index (χ1n) is 8.38. The molecule has 7 heteroatoms. The molecule has 1 N–H and O–H groups in total. The minimum atomic E-state index is -0.150. The molecular weight excluding hydrogens is 368 g/mol. The van der Waals surface area contributed by atoms with E-state index >= 15 is 0 Å². The maximum Gasteiger partial charge on any atom is 0.252 e. The number of carbonyl (C=O) groups is 1. The molecular formula is C19H18N2O3S2. The number of hydrogen-bond acceptors (Lipinski definition) is 6. The lowest BCUT2D eigenvalue weighted by molar-refractivity contribution is 0.0942. The van der Waals surface area contributed by atoms with Gasteiger partial charge in [0.15, 0.2) is 0 Å². The fourth-order valence-corrected chi connectivity index (χ4v) is 4.46. The van der Waals surface area contributed by atoms with Gasteiger partial charge in [-0.2, -0.15) is 0 Å². The second kappa shape index (κ2) is 7.99. The van der Waals surface area contributed by atoms with E-state index in [1.54, 1.807) is 41.0 Å². The van der Waals surface area contributed by atoms with E-state index in [0.29, 0.717) is 24.7 Å². The predicted molar refractivity (Wildman–Crippen MR) is 102 cm³/mol. The van der Waals surface area contributed by atoms with E-state index in [1.807, 2.05) is 35.0 Å². The molecule has 0 radical (unpaired) electrons. The fourth-order valence-electron chi connectivity index (χ4n) is 2.80. The maximum absolute atomic E-state index is 12.8. The summed E-state index contributed by atoms with van der Waals surface area (Å²) in [6.45, 7) is 1.27. The number of aromatic nitrogens is 1.